The summed E-state index contributed by atoms with van der Waals surface area (Å²) in [6.45, 7) is 3.34. The first-order valence-corrected chi connectivity index (χ1v) is 6.69. The van der Waals surface area contributed by atoms with E-state index in [9.17, 15) is 18.0 Å². The van der Waals surface area contributed by atoms with Gasteiger partial charge in [0, 0.05) is 12.1 Å². The zero-order valence-electron chi connectivity index (χ0n) is 11.8. The lowest BCUT2D eigenvalue weighted by Crippen LogP contribution is -2.16. The third-order valence-corrected chi connectivity index (χ3v) is 3.32. The maximum Gasteiger partial charge on any atom is 0.421 e. The Morgan fingerprint density at radius 1 is 1.26 bits per heavy atom. The van der Waals surface area contributed by atoms with Crippen LogP contribution in [0.1, 0.15) is 5.56 Å². The van der Waals surface area contributed by atoms with Gasteiger partial charge in [-0.05, 0) is 6.07 Å². The van der Waals surface area contributed by atoms with E-state index in [1.165, 1.54) is 6.08 Å². The van der Waals surface area contributed by atoms with Crippen molar-refractivity contribution in [1.29, 1.82) is 0 Å². The van der Waals surface area contributed by atoms with Gasteiger partial charge in [-0.2, -0.15) is 13.2 Å². The summed E-state index contributed by atoms with van der Waals surface area (Å²) in [7, 11) is 0. The average Bonchev–Trinajstić information content (AvgIpc) is 2.82. The molecular formula is C16H11F3N2O2. The van der Waals surface area contributed by atoms with Crippen LogP contribution in [0.3, 0.4) is 0 Å². The third kappa shape index (κ3) is 2.65. The number of halogens is 3. The van der Waals surface area contributed by atoms with Crippen LogP contribution in [0, 0.1) is 0 Å². The van der Waals surface area contributed by atoms with Crippen molar-refractivity contribution in [3.05, 3.63) is 65.2 Å². The summed E-state index contributed by atoms with van der Waals surface area (Å²) in [6, 6.07) is 9.31. The smallest absolute Gasteiger partial charge is 0.389 e. The van der Waals surface area contributed by atoms with Crippen molar-refractivity contribution in [3.8, 4) is 11.3 Å². The van der Waals surface area contributed by atoms with Crippen molar-refractivity contribution in [1.82, 2.24) is 9.55 Å². The van der Waals surface area contributed by atoms with Gasteiger partial charge in [0.15, 0.2) is 0 Å². The largest absolute Gasteiger partial charge is 0.421 e. The second kappa shape index (κ2) is 5.42. The van der Waals surface area contributed by atoms with Crippen LogP contribution in [0.5, 0.6) is 0 Å². The van der Waals surface area contributed by atoms with E-state index in [4.69, 9.17) is 4.42 Å². The topological polar surface area (TPSA) is 48.0 Å². The maximum absolute atomic E-state index is 13.4. The van der Waals surface area contributed by atoms with Crippen LogP contribution in [-0.4, -0.2) is 9.55 Å². The number of allylic oxidation sites excluding steroid dienone is 1. The molecule has 3 rings (SSSR count). The van der Waals surface area contributed by atoms with Gasteiger partial charge in [0.2, 0.25) is 5.71 Å². The fraction of sp³-hybridized carbons (Fsp3) is 0.125. The van der Waals surface area contributed by atoms with Crippen molar-refractivity contribution < 1.29 is 17.6 Å². The Morgan fingerprint density at radius 2 is 1.96 bits per heavy atom. The lowest BCUT2D eigenvalue weighted by Gasteiger charge is -2.11. The zero-order valence-corrected chi connectivity index (χ0v) is 11.8. The Kier molecular flexibility index (Phi) is 3.55. The average molecular weight is 320 g/mol. The molecule has 1 aromatic carbocycles. The monoisotopic (exact) mass is 320 g/mol. The molecule has 0 N–H and O–H groups in total. The first-order chi connectivity index (χ1) is 10.9. The van der Waals surface area contributed by atoms with E-state index < -0.39 is 17.5 Å². The minimum atomic E-state index is -4.65. The van der Waals surface area contributed by atoms with E-state index in [0.29, 0.717) is 5.56 Å². The van der Waals surface area contributed by atoms with Gasteiger partial charge in [0.1, 0.15) is 5.52 Å². The first kappa shape index (κ1) is 15.1. The molecule has 0 unspecified atom stereocenters. The number of pyridine rings is 1. The molecule has 0 spiro atoms. The molecule has 0 aliphatic heterocycles. The number of rotatable bonds is 3. The Labute approximate surface area is 128 Å². The molecule has 0 aliphatic rings. The molecule has 7 heteroatoms. The van der Waals surface area contributed by atoms with Gasteiger partial charge in [0.25, 0.3) is 0 Å². The molecule has 4 nitrogen and oxygen atoms in total. The van der Waals surface area contributed by atoms with E-state index >= 15 is 0 Å². The number of hydrogen-bond acceptors (Lipinski definition) is 3. The zero-order chi connectivity index (χ0) is 16.6. The Balaban J connectivity index is 2.37. The summed E-state index contributed by atoms with van der Waals surface area (Å²) in [6.07, 6.45) is -3.33. The minimum Gasteiger partial charge on any atom is -0.389 e. The van der Waals surface area contributed by atoms with E-state index in [0.717, 1.165) is 10.6 Å². The Hall–Kier alpha value is -2.83. The highest BCUT2D eigenvalue weighted by Crippen LogP contribution is 2.36. The molecule has 0 bridgehead atoms. The molecular weight excluding hydrogens is 309 g/mol. The number of aromatic nitrogens is 2. The summed E-state index contributed by atoms with van der Waals surface area (Å²) in [5.41, 5.74) is -1.09. The van der Waals surface area contributed by atoms with Gasteiger partial charge < -0.3 is 4.42 Å². The third-order valence-electron chi connectivity index (χ3n) is 3.32. The molecule has 0 atom stereocenters. The van der Waals surface area contributed by atoms with Crippen LogP contribution in [0.4, 0.5) is 13.2 Å². The number of alkyl halides is 3. The normalized spacial score (nSPS) is 11.8. The molecule has 0 saturated carbocycles. The highest BCUT2D eigenvalue weighted by molar-refractivity contribution is 5.78. The van der Waals surface area contributed by atoms with Gasteiger partial charge in [0.05, 0.1) is 11.3 Å². The molecule has 3 aromatic rings. The highest BCUT2D eigenvalue weighted by atomic mass is 19.4. The lowest BCUT2D eigenvalue weighted by atomic mass is 10.1. The first-order valence-electron chi connectivity index (χ1n) is 6.69. The maximum atomic E-state index is 13.4. The standard InChI is InChI=1S/C16H11F3N2O2/c1-2-8-21-13-11(16(17,18)19)9-12(10-6-4-3-5-7-10)20-14(13)23-15(21)22/h2-7,9H,1,8H2. The SMILES string of the molecule is C=CCn1c(=O)oc2nc(-c3ccccc3)cc(C(F)(F)F)c21. The summed E-state index contributed by atoms with van der Waals surface area (Å²) in [5, 5.41) is 0. The van der Waals surface area contributed by atoms with E-state index in [1.807, 2.05) is 0 Å². The molecule has 118 valence electrons. The van der Waals surface area contributed by atoms with Crippen LogP contribution in [0.25, 0.3) is 22.5 Å². The minimum absolute atomic E-state index is 0.0879. The number of fused-ring (bicyclic) bond motifs is 1. The van der Waals surface area contributed by atoms with Gasteiger partial charge in [-0.1, -0.05) is 36.4 Å². The molecule has 0 aliphatic carbocycles. The van der Waals surface area contributed by atoms with Crippen LogP contribution < -0.4 is 5.76 Å². The molecule has 0 amide bonds. The Morgan fingerprint density at radius 3 is 2.57 bits per heavy atom. The summed E-state index contributed by atoms with van der Waals surface area (Å²) in [5.74, 6) is -0.900. The predicted octanol–water partition coefficient (Wildman–Crippen LogP) is 3.86. The van der Waals surface area contributed by atoms with Crippen LogP contribution >= 0.6 is 0 Å². The van der Waals surface area contributed by atoms with Crippen LogP contribution in [0.2, 0.25) is 0 Å². The quantitative estimate of drug-likeness (QED) is 0.689. The number of hydrogen-bond donors (Lipinski definition) is 0. The fourth-order valence-electron chi connectivity index (χ4n) is 2.34. The van der Waals surface area contributed by atoms with Crippen molar-refractivity contribution in [2.45, 2.75) is 12.7 Å². The van der Waals surface area contributed by atoms with Crippen LogP contribution in [-0.2, 0) is 12.7 Å². The molecule has 23 heavy (non-hydrogen) atoms. The summed E-state index contributed by atoms with van der Waals surface area (Å²) in [4.78, 5) is 15.9. The van der Waals surface area contributed by atoms with Crippen molar-refractivity contribution in [3.63, 3.8) is 0 Å². The molecule has 0 radical (unpaired) electrons. The van der Waals surface area contributed by atoms with E-state index in [2.05, 4.69) is 11.6 Å². The highest BCUT2D eigenvalue weighted by Gasteiger charge is 2.36. The Bertz CT molecular complexity index is 924. The molecule has 2 aromatic heterocycles. The molecule has 0 fully saturated rings. The van der Waals surface area contributed by atoms with E-state index in [1.54, 1.807) is 30.3 Å². The van der Waals surface area contributed by atoms with Gasteiger partial charge in [-0.25, -0.2) is 9.78 Å². The predicted molar refractivity (Wildman–Crippen MR) is 78.9 cm³/mol. The number of benzene rings is 1. The summed E-state index contributed by atoms with van der Waals surface area (Å²) >= 11 is 0. The van der Waals surface area contributed by atoms with Gasteiger partial charge in [-0.3, -0.25) is 4.57 Å². The number of oxazole rings is 1. The second-order valence-corrected chi connectivity index (χ2v) is 4.84. The molecule has 2 heterocycles. The van der Waals surface area contributed by atoms with Crippen molar-refractivity contribution in [2.24, 2.45) is 0 Å². The van der Waals surface area contributed by atoms with Gasteiger partial charge >= 0.3 is 11.9 Å². The van der Waals surface area contributed by atoms with E-state index in [-0.39, 0.29) is 23.5 Å². The van der Waals surface area contributed by atoms with Crippen LogP contribution in [0.15, 0.2) is 58.3 Å². The van der Waals surface area contributed by atoms with Crippen molar-refractivity contribution >= 4 is 11.2 Å². The fourth-order valence-corrected chi connectivity index (χ4v) is 2.34. The molecule has 0 saturated heterocycles. The van der Waals surface area contributed by atoms with Gasteiger partial charge in [-0.15, -0.1) is 6.58 Å². The van der Waals surface area contributed by atoms with Crippen molar-refractivity contribution in [2.75, 3.05) is 0 Å². The lowest BCUT2D eigenvalue weighted by molar-refractivity contribution is -0.136. The number of nitrogens with zero attached hydrogens (tertiary/aromatic N) is 2. The second-order valence-electron chi connectivity index (χ2n) is 4.84. The summed E-state index contributed by atoms with van der Waals surface area (Å²) < 4.78 is 46.1.